The lowest BCUT2D eigenvalue weighted by Crippen LogP contribution is -2.26. The number of nitrogens with zero attached hydrogens (tertiary/aromatic N) is 2. The highest BCUT2D eigenvalue weighted by Gasteiger charge is 2.40. The lowest BCUT2D eigenvalue weighted by atomic mass is 10.1. The van der Waals surface area contributed by atoms with Gasteiger partial charge in [0.1, 0.15) is 16.7 Å². The van der Waals surface area contributed by atoms with Crippen molar-refractivity contribution in [2.75, 3.05) is 18.6 Å². The van der Waals surface area contributed by atoms with Crippen LogP contribution < -0.4 is 9.64 Å². The summed E-state index contributed by atoms with van der Waals surface area (Å²) in [6.07, 6.45) is -0.409. The minimum atomic E-state index is -4.77. The van der Waals surface area contributed by atoms with E-state index in [4.69, 9.17) is 9.26 Å². The lowest BCUT2D eigenvalue weighted by Gasteiger charge is -2.10. The van der Waals surface area contributed by atoms with Gasteiger partial charge in [0.15, 0.2) is 0 Å². The maximum Gasteiger partial charge on any atom is 0.307 e. The van der Waals surface area contributed by atoms with Gasteiger partial charge in [0, 0.05) is 24.6 Å². The van der Waals surface area contributed by atoms with E-state index in [-0.39, 0.29) is 12.4 Å². The van der Waals surface area contributed by atoms with Gasteiger partial charge in [-0.05, 0) is 12.1 Å². The van der Waals surface area contributed by atoms with E-state index in [2.05, 4.69) is 5.16 Å². The van der Waals surface area contributed by atoms with E-state index in [1.165, 1.54) is 13.2 Å². The molecule has 0 aliphatic carbocycles. The summed E-state index contributed by atoms with van der Waals surface area (Å²) < 4.78 is 45.2. The van der Waals surface area contributed by atoms with Crippen molar-refractivity contribution in [3.63, 3.8) is 0 Å². The van der Waals surface area contributed by atoms with Gasteiger partial charge in [0.05, 0.1) is 7.11 Å². The highest BCUT2D eigenvalue weighted by atomic mass is 32.3. The fraction of sp³-hybridized carbons (Fsp3) is 0.286. The molecule has 0 radical (unpaired) electrons. The van der Waals surface area contributed by atoms with Crippen LogP contribution in [-0.4, -0.2) is 38.4 Å². The Kier molecular flexibility index (Phi) is 3.80. The second-order valence-electron chi connectivity index (χ2n) is 5.09. The molecule has 122 valence electrons. The van der Waals surface area contributed by atoms with Gasteiger partial charge in [-0.3, -0.25) is 9.69 Å². The Morgan fingerprint density at radius 2 is 2.17 bits per heavy atom. The predicted octanol–water partition coefficient (Wildman–Crippen LogP) is 1.75. The first kappa shape index (κ1) is 15.5. The Hall–Kier alpha value is -2.42. The van der Waals surface area contributed by atoms with Gasteiger partial charge in [0.25, 0.3) is 0 Å². The number of rotatable bonds is 4. The number of carbonyl (C=O) groups excluding carboxylic acids is 1. The largest absolute Gasteiger partial charge is 0.497 e. The van der Waals surface area contributed by atoms with Crippen molar-refractivity contribution >= 4 is 22.0 Å². The van der Waals surface area contributed by atoms with Gasteiger partial charge in [-0.15, -0.1) is 3.89 Å². The number of anilines is 1. The fourth-order valence-electron chi connectivity index (χ4n) is 2.39. The number of halogens is 1. The predicted molar refractivity (Wildman–Crippen MR) is 79.3 cm³/mol. The summed E-state index contributed by atoms with van der Waals surface area (Å²) in [5.41, 5.74) is 1.17. The number of amides is 1. The van der Waals surface area contributed by atoms with Crippen molar-refractivity contribution in [1.82, 2.24) is 5.16 Å². The van der Waals surface area contributed by atoms with Crippen LogP contribution in [0.2, 0.25) is 0 Å². The zero-order chi connectivity index (χ0) is 16.6. The van der Waals surface area contributed by atoms with Crippen LogP contribution in [0, 0.1) is 0 Å². The molecule has 2 heterocycles. The summed E-state index contributed by atoms with van der Waals surface area (Å²) >= 11 is 0. The molecule has 0 N–H and O–H groups in total. The second kappa shape index (κ2) is 5.65. The zero-order valence-corrected chi connectivity index (χ0v) is 12.9. The van der Waals surface area contributed by atoms with Gasteiger partial charge < -0.3 is 9.26 Å². The van der Waals surface area contributed by atoms with Crippen LogP contribution in [0.5, 0.6) is 5.75 Å². The number of aromatic nitrogens is 1. The highest BCUT2D eigenvalue weighted by Crippen LogP contribution is 2.30. The molecule has 9 heteroatoms. The summed E-state index contributed by atoms with van der Waals surface area (Å²) in [5.74, 6) is 0.191. The van der Waals surface area contributed by atoms with Gasteiger partial charge >= 0.3 is 10.2 Å². The molecule has 1 fully saturated rings. The first-order valence-electron chi connectivity index (χ1n) is 6.73. The first-order chi connectivity index (χ1) is 10.9. The number of hydrogen-bond acceptors (Lipinski definition) is 6. The van der Waals surface area contributed by atoms with E-state index in [9.17, 15) is 17.1 Å². The third-order valence-corrected chi connectivity index (χ3v) is 4.73. The molecule has 2 aromatic rings. The molecule has 3 rings (SSSR count). The molecule has 1 saturated heterocycles. The number of hydrogen-bond donors (Lipinski definition) is 0. The normalized spacial score (nSPS) is 18.4. The highest BCUT2D eigenvalue weighted by molar-refractivity contribution is 7.87. The van der Waals surface area contributed by atoms with E-state index in [1.54, 1.807) is 24.3 Å². The van der Waals surface area contributed by atoms with Gasteiger partial charge in [0.2, 0.25) is 11.8 Å². The van der Waals surface area contributed by atoms with Crippen LogP contribution in [-0.2, 0) is 15.0 Å². The third kappa shape index (κ3) is 3.04. The average molecular weight is 340 g/mol. The van der Waals surface area contributed by atoms with Crippen molar-refractivity contribution in [2.45, 2.75) is 11.7 Å². The van der Waals surface area contributed by atoms with E-state index >= 15 is 0 Å². The number of carbonyl (C=O) groups is 1. The summed E-state index contributed by atoms with van der Waals surface area (Å²) in [6, 6.07) is 8.56. The molecule has 7 nitrogen and oxygen atoms in total. The van der Waals surface area contributed by atoms with Crippen LogP contribution in [0.25, 0.3) is 11.3 Å². The first-order valence-corrected chi connectivity index (χ1v) is 8.18. The number of ether oxygens (including phenoxy) is 1. The standard InChI is InChI=1S/C14H13FN2O5S/c1-21-10-4-2-3-9(5-10)12-7-14(22-16-12)17-8-11(6-13(17)18)23(15,19)20/h2-5,7,11H,6,8H2,1H3. The second-order valence-corrected chi connectivity index (χ2v) is 6.71. The summed E-state index contributed by atoms with van der Waals surface area (Å²) in [6.45, 7) is -0.287. The Morgan fingerprint density at radius 3 is 2.83 bits per heavy atom. The van der Waals surface area contributed by atoms with E-state index in [0.29, 0.717) is 17.0 Å². The van der Waals surface area contributed by atoms with E-state index in [0.717, 1.165) is 4.90 Å². The summed E-state index contributed by atoms with van der Waals surface area (Å²) in [5, 5.41) is 2.49. The molecule has 0 bridgehead atoms. The third-order valence-electron chi connectivity index (χ3n) is 3.62. The molecule has 0 spiro atoms. The number of benzene rings is 1. The monoisotopic (exact) mass is 340 g/mol. The summed E-state index contributed by atoms with van der Waals surface area (Å²) in [7, 11) is -3.24. The SMILES string of the molecule is COc1cccc(-c2cc(N3CC(S(=O)(=O)F)CC3=O)on2)c1. The smallest absolute Gasteiger partial charge is 0.307 e. The van der Waals surface area contributed by atoms with Crippen molar-refractivity contribution in [2.24, 2.45) is 0 Å². The van der Waals surface area contributed by atoms with Crippen molar-refractivity contribution in [3.8, 4) is 17.0 Å². The van der Waals surface area contributed by atoms with E-state index < -0.39 is 27.8 Å². The topological polar surface area (TPSA) is 89.7 Å². The molecule has 1 aliphatic rings. The lowest BCUT2D eigenvalue weighted by molar-refractivity contribution is -0.117. The van der Waals surface area contributed by atoms with Crippen LogP contribution in [0.3, 0.4) is 0 Å². The van der Waals surface area contributed by atoms with Crippen molar-refractivity contribution < 1.29 is 26.4 Å². The van der Waals surface area contributed by atoms with Crippen LogP contribution in [0.15, 0.2) is 34.9 Å². The van der Waals surface area contributed by atoms with Gasteiger partial charge in [-0.1, -0.05) is 17.3 Å². The van der Waals surface area contributed by atoms with Crippen molar-refractivity contribution in [1.29, 1.82) is 0 Å². The maximum atomic E-state index is 13.0. The molecule has 0 saturated carbocycles. The maximum absolute atomic E-state index is 13.0. The Morgan fingerprint density at radius 1 is 1.39 bits per heavy atom. The minimum Gasteiger partial charge on any atom is -0.497 e. The molecule has 1 amide bonds. The van der Waals surface area contributed by atoms with Crippen molar-refractivity contribution in [3.05, 3.63) is 30.3 Å². The molecule has 1 aliphatic heterocycles. The molecule has 1 aromatic heterocycles. The van der Waals surface area contributed by atoms with Crippen LogP contribution >= 0.6 is 0 Å². The molecule has 1 atom stereocenters. The molecular weight excluding hydrogens is 327 g/mol. The Balaban J connectivity index is 1.86. The molecule has 1 unspecified atom stereocenters. The van der Waals surface area contributed by atoms with Gasteiger partial charge in [-0.2, -0.15) is 8.42 Å². The molecular formula is C14H13FN2O5S. The summed E-state index contributed by atoms with van der Waals surface area (Å²) in [4.78, 5) is 12.9. The fourth-order valence-corrected chi connectivity index (χ4v) is 3.06. The quantitative estimate of drug-likeness (QED) is 0.788. The average Bonchev–Trinajstić information content (AvgIpc) is 3.13. The molecule has 23 heavy (non-hydrogen) atoms. The van der Waals surface area contributed by atoms with E-state index in [1.807, 2.05) is 0 Å². The Bertz CT molecular complexity index is 848. The molecule has 1 aromatic carbocycles. The van der Waals surface area contributed by atoms with Gasteiger partial charge in [-0.25, -0.2) is 0 Å². The zero-order valence-electron chi connectivity index (χ0n) is 12.1. The van der Waals surface area contributed by atoms with Crippen LogP contribution in [0.1, 0.15) is 6.42 Å². The van der Waals surface area contributed by atoms with Crippen LogP contribution in [0.4, 0.5) is 9.77 Å². The Labute approximate surface area is 131 Å². The number of methoxy groups -OCH3 is 1. The minimum absolute atomic E-state index is 0.0824.